The Labute approximate surface area is 161 Å². The first-order chi connectivity index (χ1) is 13.0. The molecule has 1 saturated heterocycles. The van der Waals surface area contributed by atoms with Crippen LogP contribution >= 0.6 is 11.6 Å². The lowest BCUT2D eigenvalue weighted by molar-refractivity contribution is 0.0688. The Balaban J connectivity index is 1.73. The van der Waals surface area contributed by atoms with Crippen molar-refractivity contribution in [2.45, 2.75) is 19.3 Å². The number of aromatic nitrogens is 1. The van der Waals surface area contributed by atoms with Crippen molar-refractivity contribution in [3.63, 3.8) is 0 Å². The minimum atomic E-state index is -1.21. The van der Waals surface area contributed by atoms with Crippen LogP contribution in [0.2, 0.25) is 5.02 Å². The predicted molar refractivity (Wildman–Crippen MR) is 100 cm³/mol. The Morgan fingerprint density at radius 2 is 1.81 bits per heavy atom. The molecular weight excluding hydrogens is 370 g/mol. The first-order valence-electron chi connectivity index (χ1n) is 8.55. The summed E-state index contributed by atoms with van der Waals surface area (Å²) in [5.41, 5.74) is 0.748. The summed E-state index contributed by atoms with van der Waals surface area (Å²) in [6.07, 6.45) is 4.36. The average Bonchev–Trinajstić information content (AvgIpc) is 2.68. The number of carboxylic acid groups (broad SMARTS) is 1. The van der Waals surface area contributed by atoms with Gasteiger partial charge in [-0.2, -0.15) is 0 Å². The van der Waals surface area contributed by atoms with Gasteiger partial charge in [0.1, 0.15) is 5.69 Å². The molecular formula is C19H18ClN3O4. The van der Waals surface area contributed by atoms with Crippen LogP contribution in [0.3, 0.4) is 0 Å². The third-order valence-corrected chi connectivity index (χ3v) is 4.65. The molecule has 0 unspecified atom stereocenters. The zero-order valence-corrected chi connectivity index (χ0v) is 15.2. The van der Waals surface area contributed by atoms with Gasteiger partial charge in [0.25, 0.3) is 11.8 Å². The van der Waals surface area contributed by atoms with Crippen molar-refractivity contribution in [1.29, 1.82) is 0 Å². The fraction of sp³-hybridized carbons (Fsp3) is 0.263. The highest BCUT2D eigenvalue weighted by atomic mass is 35.5. The lowest BCUT2D eigenvalue weighted by Gasteiger charge is -2.27. The second kappa shape index (κ2) is 8.18. The molecule has 1 aromatic carbocycles. The number of likely N-dealkylation sites (tertiary alicyclic amines) is 1. The highest BCUT2D eigenvalue weighted by Crippen LogP contribution is 2.24. The number of rotatable bonds is 4. The molecule has 1 aliphatic rings. The van der Waals surface area contributed by atoms with E-state index in [4.69, 9.17) is 16.7 Å². The molecule has 0 radical (unpaired) electrons. The van der Waals surface area contributed by atoms with Crippen LogP contribution in [-0.2, 0) is 0 Å². The molecule has 7 nitrogen and oxygen atoms in total. The van der Waals surface area contributed by atoms with E-state index in [1.165, 1.54) is 24.4 Å². The highest BCUT2D eigenvalue weighted by molar-refractivity contribution is 6.34. The Morgan fingerprint density at radius 3 is 2.48 bits per heavy atom. The van der Waals surface area contributed by atoms with Gasteiger partial charge in [-0.25, -0.2) is 9.78 Å². The van der Waals surface area contributed by atoms with Crippen molar-refractivity contribution in [3.05, 3.63) is 58.4 Å². The number of benzene rings is 1. The van der Waals surface area contributed by atoms with Gasteiger partial charge in [-0.1, -0.05) is 11.6 Å². The number of aromatic carboxylic acids is 1. The Kier molecular flexibility index (Phi) is 5.71. The zero-order valence-electron chi connectivity index (χ0n) is 14.4. The molecule has 2 amide bonds. The Hall–Kier alpha value is -2.93. The summed E-state index contributed by atoms with van der Waals surface area (Å²) in [5, 5.41) is 11.9. The maximum Gasteiger partial charge on any atom is 0.354 e. The number of nitrogens with one attached hydrogen (secondary N) is 1. The summed E-state index contributed by atoms with van der Waals surface area (Å²) in [5.74, 6) is -1.82. The Morgan fingerprint density at radius 1 is 1.07 bits per heavy atom. The second-order valence-electron chi connectivity index (χ2n) is 6.24. The lowest BCUT2D eigenvalue weighted by atomic mass is 10.1. The van der Waals surface area contributed by atoms with Crippen LogP contribution in [0.1, 0.15) is 50.5 Å². The molecule has 1 fully saturated rings. The van der Waals surface area contributed by atoms with Crippen molar-refractivity contribution in [1.82, 2.24) is 9.88 Å². The standard InChI is InChI=1S/C19H18ClN3O4/c20-15-11-13(4-5-14(15)18(25)23-8-2-1-3-9-23)22-17(24)12-6-7-21-16(10-12)19(26)27/h4-7,10-11H,1-3,8-9H2,(H,22,24)(H,26,27). The highest BCUT2D eigenvalue weighted by Gasteiger charge is 2.20. The van der Waals surface area contributed by atoms with E-state index in [0.29, 0.717) is 11.3 Å². The largest absolute Gasteiger partial charge is 0.477 e. The van der Waals surface area contributed by atoms with Gasteiger partial charge in [-0.3, -0.25) is 9.59 Å². The minimum Gasteiger partial charge on any atom is -0.477 e. The summed E-state index contributed by atoms with van der Waals surface area (Å²) in [6.45, 7) is 1.45. The number of piperidine rings is 1. The molecule has 3 rings (SSSR count). The number of carbonyl (C=O) groups is 3. The summed E-state index contributed by atoms with van der Waals surface area (Å²) in [6, 6.07) is 7.30. The molecule has 0 atom stereocenters. The summed E-state index contributed by atoms with van der Waals surface area (Å²) < 4.78 is 0. The molecule has 140 valence electrons. The number of nitrogens with zero attached hydrogens (tertiary/aromatic N) is 2. The van der Waals surface area contributed by atoms with Crippen LogP contribution in [-0.4, -0.2) is 45.9 Å². The number of carboxylic acids is 1. The fourth-order valence-electron chi connectivity index (χ4n) is 2.93. The molecule has 1 aromatic heterocycles. The summed E-state index contributed by atoms with van der Waals surface area (Å²) in [7, 11) is 0. The molecule has 8 heteroatoms. The monoisotopic (exact) mass is 387 g/mol. The first kappa shape index (κ1) is 18.8. The van der Waals surface area contributed by atoms with E-state index in [2.05, 4.69) is 10.3 Å². The quantitative estimate of drug-likeness (QED) is 0.838. The average molecular weight is 388 g/mol. The van der Waals surface area contributed by atoms with Crippen molar-refractivity contribution in [3.8, 4) is 0 Å². The normalized spacial score (nSPS) is 13.9. The van der Waals surface area contributed by atoms with Crippen molar-refractivity contribution in [2.75, 3.05) is 18.4 Å². The number of halogens is 1. The fourth-order valence-corrected chi connectivity index (χ4v) is 3.19. The molecule has 0 saturated carbocycles. The topological polar surface area (TPSA) is 99.6 Å². The number of anilines is 1. The molecule has 27 heavy (non-hydrogen) atoms. The number of amides is 2. The third-order valence-electron chi connectivity index (χ3n) is 4.34. The number of hydrogen-bond donors (Lipinski definition) is 2. The maximum absolute atomic E-state index is 12.6. The van der Waals surface area contributed by atoms with E-state index in [-0.39, 0.29) is 22.2 Å². The van der Waals surface area contributed by atoms with E-state index >= 15 is 0 Å². The molecule has 2 aromatic rings. The number of pyridine rings is 1. The van der Waals surface area contributed by atoms with Crippen molar-refractivity contribution in [2.24, 2.45) is 0 Å². The van der Waals surface area contributed by atoms with Gasteiger partial charge in [0.15, 0.2) is 0 Å². The lowest BCUT2D eigenvalue weighted by Crippen LogP contribution is -2.35. The van der Waals surface area contributed by atoms with E-state index in [1.807, 2.05) is 0 Å². The van der Waals surface area contributed by atoms with Gasteiger partial charge in [0, 0.05) is 30.5 Å². The van der Waals surface area contributed by atoms with Crippen LogP contribution in [0.15, 0.2) is 36.5 Å². The van der Waals surface area contributed by atoms with Crippen LogP contribution in [0.25, 0.3) is 0 Å². The maximum atomic E-state index is 12.6. The molecule has 2 N–H and O–H groups in total. The van der Waals surface area contributed by atoms with E-state index < -0.39 is 11.9 Å². The van der Waals surface area contributed by atoms with Crippen LogP contribution in [0, 0.1) is 0 Å². The van der Waals surface area contributed by atoms with Gasteiger partial charge in [-0.15, -0.1) is 0 Å². The molecule has 2 heterocycles. The van der Waals surface area contributed by atoms with E-state index in [0.717, 1.165) is 32.4 Å². The number of carbonyl (C=O) groups excluding carboxylic acids is 2. The zero-order chi connectivity index (χ0) is 19.4. The molecule has 0 aliphatic carbocycles. The first-order valence-corrected chi connectivity index (χ1v) is 8.93. The SMILES string of the molecule is O=C(Nc1ccc(C(=O)N2CCCCC2)c(Cl)c1)c1ccnc(C(=O)O)c1. The Bertz CT molecular complexity index is 894. The van der Waals surface area contributed by atoms with Crippen molar-refractivity contribution < 1.29 is 19.5 Å². The van der Waals surface area contributed by atoms with E-state index in [1.54, 1.807) is 17.0 Å². The predicted octanol–water partition coefficient (Wildman–Crippen LogP) is 3.31. The number of hydrogen-bond acceptors (Lipinski definition) is 4. The van der Waals surface area contributed by atoms with E-state index in [9.17, 15) is 14.4 Å². The molecule has 0 bridgehead atoms. The van der Waals surface area contributed by atoms with Gasteiger partial charge < -0.3 is 15.3 Å². The smallest absolute Gasteiger partial charge is 0.354 e. The summed E-state index contributed by atoms with van der Waals surface area (Å²) >= 11 is 6.25. The van der Waals surface area contributed by atoms with Gasteiger partial charge in [0.05, 0.1) is 10.6 Å². The van der Waals surface area contributed by atoms with Gasteiger partial charge >= 0.3 is 5.97 Å². The van der Waals surface area contributed by atoms with Crippen LogP contribution in [0.4, 0.5) is 5.69 Å². The third kappa shape index (κ3) is 4.43. The molecule has 0 spiro atoms. The van der Waals surface area contributed by atoms with Crippen LogP contribution < -0.4 is 5.32 Å². The minimum absolute atomic E-state index is 0.113. The molecule has 1 aliphatic heterocycles. The van der Waals surface area contributed by atoms with Crippen LogP contribution in [0.5, 0.6) is 0 Å². The van der Waals surface area contributed by atoms with Gasteiger partial charge in [0.2, 0.25) is 0 Å². The second-order valence-corrected chi connectivity index (χ2v) is 6.64. The van der Waals surface area contributed by atoms with Gasteiger partial charge in [-0.05, 0) is 49.6 Å². The summed E-state index contributed by atoms with van der Waals surface area (Å²) in [4.78, 5) is 41.3. The van der Waals surface area contributed by atoms with Crippen molar-refractivity contribution >= 4 is 35.1 Å².